The predicted molar refractivity (Wildman–Crippen MR) is 66.3 cm³/mol. The molecule has 3 N–H and O–H groups in total. The van der Waals surface area contributed by atoms with E-state index in [0.717, 1.165) is 5.56 Å². The zero-order valence-electron chi connectivity index (χ0n) is 10.2. The van der Waals surface area contributed by atoms with Crippen LogP contribution in [0.2, 0.25) is 0 Å². The van der Waals surface area contributed by atoms with Crippen LogP contribution in [0.15, 0.2) is 24.3 Å². The highest BCUT2D eigenvalue weighted by molar-refractivity contribution is 5.73. The van der Waals surface area contributed by atoms with Gasteiger partial charge in [-0.1, -0.05) is 29.8 Å². The zero-order chi connectivity index (χ0) is 12.7. The molecular formula is C12H19N3O2. The van der Waals surface area contributed by atoms with Crippen molar-refractivity contribution < 1.29 is 9.90 Å². The van der Waals surface area contributed by atoms with E-state index < -0.39 is 0 Å². The SMILES string of the molecule is Cc1ccc(CNC(=O)NN(C)CCO)cc1. The summed E-state index contributed by atoms with van der Waals surface area (Å²) in [4.78, 5) is 11.4. The number of aryl methyl sites for hydroxylation is 1. The number of rotatable bonds is 5. The fourth-order valence-corrected chi connectivity index (χ4v) is 1.31. The third-order valence-electron chi connectivity index (χ3n) is 2.30. The molecule has 0 bridgehead atoms. The van der Waals surface area contributed by atoms with Crippen LogP contribution in [-0.4, -0.2) is 36.3 Å². The van der Waals surface area contributed by atoms with E-state index in [9.17, 15) is 4.79 Å². The van der Waals surface area contributed by atoms with Gasteiger partial charge in [0.25, 0.3) is 0 Å². The summed E-state index contributed by atoms with van der Waals surface area (Å²) in [5, 5.41) is 12.9. The number of aliphatic hydroxyl groups is 1. The first-order chi connectivity index (χ1) is 8.11. The Hall–Kier alpha value is -1.59. The number of hydrazine groups is 1. The first kappa shape index (κ1) is 13.5. The first-order valence-corrected chi connectivity index (χ1v) is 5.54. The zero-order valence-corrected chi connectivity index (χ0v) is 10.2. The van der Waals surface area contributed by atoms with Crippen molar-refractivity contribution in [1.29, 1.82) is 0 Å². The molecule has 0 heterocycles. The molecule has 17 heavy (non-hydrogen) atoms. The van der Waals surface area contributed by atoms with Crippen LogP contribution >= 0.6 is 0 Å². The van der Waals surface area contributed by atoms with Gasteiger partial charge in [0, 0.05) is 20.1 Å². The summed E-state index contributed by atoms with van der Waals surface area (Å²) in [6.45, 7) is 2.92. The first-order valence-electron chi connectivity index (χ1n) is 5.54. The standard InChI is InChI=1S/C12H19N3O2/c1-10-3-5-11(6-4-10)9-13-12(17)14-15(2)7-8-16/h3-6,16H,7-9H2,1-2H3,(H2,13,14,17). The smallest absolute Gasteiger partial charge is 0.329 e. The van der Waals surface area contributed by atoms with Crippen LogP contribution in [0.3, 0.4) is 0 Å². The van der Waals surface area contributed by atoms with E-state index in [2.05, 4.69) is 10.7 Å². The number of benzene rings is 1. The number of carbonyl (C=O) groups excluding carboxylic acids is 1. The molecule has 0 saturated carbocycles. The molecule has 0 radical (unpaired) electrons. The minimum Gasteiger partial charge on any atom is -0.395 e. The van der Waals surface area contributed by atoms with Gasteiger partial charge < -0.3 is 10.4 Å². The summed E-state index contributed by atoms with van der Waals surface area (Å²) in [6.07, 6.45) is 0. The van der Waals surface area contributed by atoms with Crippen molar-refractivity contribution >= 4 is 6.03 Å². The molecule has 0 aliphatic rings. The van der Waals surface area contributed by atoms with Crippen LogP contribution in [-0.2, 0) is 6.54 Å². The molecule has 0 aromatic heterocycles. The van der Waals surface area contributed by atoms with E-state index in [-0.39, 0.29) is 12.6 Å². The Balaban J connectivity index is 2.30. The highest BCUT2D eigenvalue weighted by Crippen LogP contribution is 2.02. The highest BCUT2D eigenvalue weighted by atomic mass is 16.3. The molecule has 0 atom stereocenters. The van der Waals surface area contributed by atoms with E-state index in [1.807, 2.05) is 31.2 Å². The summed E-state index contributed by atoms with van der Waals surface area (Å²) >= 11 is 0. The van der Waals surface area contributed by atoms with Gasteiger partial charge in [0.05, 0.1) is 6.61 Å². The van der Waals surface area contributed by atoms with Crippen molar-refractivity contribution in [2.45, 2.75) is 13.5 Å². The van der Waals surface area contributed by atoms with Crippen molar-refractivity contribution in [3.8, 4) is 0 Å². The summed E-state index contributed by atoms with van der Waals surface area (Å²) in [7, 11) is 1.70. The van der Waals surface area contributed by atoms with Crippen LogP contribution < -0.4 is 10.7 Å². The van der Waals surface area contributed by atoms with E-state index in [1.165, 1.54) is 10.6 Å². The van der Waals surface area contributed by atoms with Gasteiger partial charge >= 0.3 is 6.03 Å². The topological polar surface area (TPSA) is 64.6 Å². The van der Waals surface area contributed by atoms with Gasteiger partial charge in [0.15, 0.2) is 0 Å². The number of nitrogens with one attached hydrogen (secondary N) is 2. The average molecular weight is 237 g/mol. The number of aliphatic hydroxyl groups excluding tert-OH is 1. The largest absolute Gasteiger partial charge is 0.395 e. The Morgan fingerprint density at radius 2 is 2.00 bits per heavy atom. The second-order valence-electron chi connectivity index (χ2n) is 3.93. The molecule has 5 nitrogen and oxygen atoms in total. The molecule has 1 aromatic rings. The van der Waals surface area contributed by atoms with Crippen LogP contribution in [0.5, 0.6) is 0 Å². The Morgan fingerprint density at radius 1 is 1.35 bits per heavy atom. The van der Waals surface area contributed by atoms with Crippen LogP contribution in [0.4, 0.5) is 4.79 Å². The number of hydrogen-bond donors (Lipinski definition) is 3. The number of amides is 2. The second kappa shape index (κ2) is 6.88. The molecule has 0 spiro atoms. The summed E-state index contributed by atoms with van der Waals surface area (Å²) in [5.41, 5.74) is 4.83. The maximum atomic E-state index is 11.4. The molecule has 0 aliphatic heterocycles. The predicted octanol–water partition coefficient (Wildman–Crippen LogP) is 0.633. The monoisotopic (exact) mass is 237 g/mol. The van der Waals surface area contributed by atoms with E-state index >= 15 is 0 Å². The van der Waals surface area contributed by atoms with E-state index in [1.54, 1.807) is 7.05 Å². The lowest BCUT2D eigenvalue weighted by molar-refractivity contribution is 0.169. The van der Waals surface area contributed by atoms with Gasteiger partial charge in [0.2, 0.25) is 0 Å². The fourth-order valence-electron chi connectivity index (χ4n) is 1.31. The van der Waals surface area contributed by atoms with Crippen molar-refractivity contribution in [2.24, 2.45) is 0 Å². The Morgan fingerprint density at radius 3 is 2.59 bits per heavy atom. The lowest BCUT2D eigenvalue weighted by Crippen LogP contribution is -2.46. The van der Waals surface area contributed by atoms with Gasteiger partial charge in [-0.15, -0.1) is 0 Å². The second-order valence-corrected chi connectivity index (χ2v) is 3.93. The highest BCUT2D eigenvalue weighted by Gasteiger charge is 2.03. The van der Waals surface area contributed by atoms with Crippen LogP contribution in [0.25, 0.3) is 0 Å². The van der Waals surface area contributed by atoms with Crippen molar-refractivity contribution in [1.82, 2.24) is 15.8 Å². The molecule has 0 saturated heterocycles. The fraction of sp³-hybridized carbons (Fsp3) is 0.417. The molecule has 2 amide bonds. The minimum absolute atomic E-state index is 0.00867. The molecule has 1 aromatic carbocycles. The molecule has 0 fully saturated rings. The minimum atomic E-state index is -0.276. The molecule has 0 aliphatic carbocycles. The van der Waals surface area contributed by atoms with Gasteiger partial charge in [-0.25, -0.2) is 9.80 Å². The Bertz CT molecular complexity index is 351. The van der Waals surface area contributed by atoms with Crippen molar-refractivity contribution in [2.75, 3.05) is 20.2 Å². The summed E-state index contributed by atoms with van der Waals surface area (Å²) in [6, 6.07) is 7.70. The number of urea groups is 1. The Kier molecular flexibility index (Phi) is 5.45. The third kappa shape index (κ3) is 5.33. The van der Waals surface area contributed by atoms with Crippen LogP contribution in [0.1, 0.15) is 11.1 Å². The molecule has 94 valence electrons. The number of likely N-dealkylation sites (N-methyl/N-ethyl adjacent to an activating group) is 1. The molecule has 5 heteroatoms. The average Bonchev–Trinajstić information content (AvgIpc) is 2.28. The molecule has 1 rings (SSSR count). The lowest BCUT2D eigenvalue weighted by atomic mass is 10.1. The summed E-state index contributed by atoms with van der Waals surface area (Å²) < 4.78 is 0. The summed E-state index contributed by atoms with van der Waals surface area (Å²) in [5.74, 6) is 0. The van der Waals surface area contributed by atoms with Gasteiger partial charge in [0.1, 0.15) is 0 Å². The maximum absolute atomic E-state index is 11.4. The number of hydrogen-bond acceptors (Lipinski definition) is 3. The van der Waals surface area contributed by atoms with Gasteiger partial charge in [-0.2, -0.15) is 0 Å². The van der Waals surface area contributed by atoms with Crippen molar-refractivity contribution in [3.05, 3.63) is 35.4 Å². The maximum Gasteiger partial charge on any atom is 0.329 e. The van der Waals surface area contributed by atoms with Gasteiger partial charge in [-0.3, -0.25) is 5.43 Å². The third-order valence-corrected chi connectivity index (χ3v) is 2.30. The number of carbonyl (C=O) groups is 1. The van der Waals surface area contributed by atoms with Crippen molar-refractivity contribution in [3.63, 3.8) is 0 Å². The molecule has 0 unspecified atom stereocenters. The molecular weight excluding hydrogens is 218 g/mol. The van der Waals surface area contributed by atoms with Crippen LogP contribution in [0, 0.1) is 6.92 Å². The normalized spacial score (nSPS) is 10.4. The quantitative estimate of drug-likeness (QED) is 0.658. The van der Waals surface area contributed by atoms with Gasteiger partial charge in [-0.05, 0) is 12.5 Å². The number of nitrogens with zero attached hydrogens (tertiary/aromatic N) is 1. The van der Waals surface area contributed by atoms with E-state index in [0.29, 0.717) is 13.1 Å². The Labute approximate surface area is 101 Å². The lowest BCUT2D eigenvalue weighted by Gasteiger charge is -2.17. The van der Waals surface area contributed by atoms with E-state index in [4.69, 9.17) is 5.11 Å².